The third-order valence-corrected chi connectivity index (χ3v) is 2.74. The molecule has 0 unspecified atom stereocenters. The molecule has 0 aliphatic heterocycles. The summed E-state index contributed by atoms with van der Waals surface area (Å²) in [6.07, 6.45) is 0.741. The van der Waals surface area contributed by atoms with Crippen molar-refractivity contribution in [1.29, 1.82) is 0 Å². The Morgan fingerprint density at radius 1 is 1.33 bits per heavy atom. The molecule has 0 spiro atoms. The molecule has 2 N–H and O–H groups in total. The van der Waals surface area contributed by atoms with Crippen LogP contribution in [-0.2, 0) is 0 Å². The molecule has 1 aromatic rings. The second-order valence-corrected chi connectivity index (χ2v) is 4.91. The summed E-state index contributed by atoms with van der Waals surface area (Å²) in [5.41, 5.74) is 0. The molecule has 1 aromatic heterocycles. The first kappa shape index (κ1) is 15.0. The summed E-state index contributed by atoms with van der Waals surface area (Å²) in [4.78, 5) is 12.7. The highest BCUT2D eigenvalue weighted by molar-refractivity contribution is 7.99. The van der Waals surface area contributed by atoms with E-state index in [4.69, 9.17) is 9.84 Å². The molecule has 1 rings (SSSR count). The van der Waals surface area contributed by atoms with Crippen molar-refractivity contribution in [3.8, 4) is 6.01 Å². The third-order valence-electron chi connectivity index (χ3n) is 1.80. The van der Waals surface area contributed by atoms with Gasteiger partial charge in [0, 0.05) is 18.9 Å². The fraction of sp³-hybridized carbons (Fsp3) is 0.727. The first-order chi connectivity index (χ1) is 8.65. The number of thioether (sulfide) groups is 1. The van der Waals surface area contributed by atoms with Gasteiger partial charge < -0.3 is 15.2 Å². The van der Waals surface area contributed by atoms with E-state index in [0.29, 0.717) is 23.5 Å². The van der Waals surface area contributed by atoms with Crippen molar-refractivity contribution in [3.05, 3.63) is 0 Å². The van der Waals surface area contributed by atoms with Crippen molar-refractivity contribution in [1.82, 2.24) is 15.0 Å². The number of aliphatic hydroxyl groups is 1. The van der Waals surface area contributed by atoms with E-state index in [1.54, 1.807) is 0 Å². The van der Waals surface area contributed by atoms with Gasteiger partial charge in [0.1, 0.15) is 0 Å². The molecule has 0 amide bonds. The molecule has 0 aliphatic rings. The molecule has 6 nitrogen and oxygen atoms in total. The van der Waals surface area contributed by atoms with Gasteiger partial charge in [-0.1, -0.05) is 11.8 Å². The summed E-state index contributed by atoms with van der Waals surface area (Å²) in [5, 5.41) is 12.4. The minimum Gasteiger partial charge on any atom is -0.461 e. The first-order valence-corrected chi connectivity index (χ1v) is 7.04. The van der Waals surface area contributed by atoms with Crippen LogP contribution in [0.5, 0.6) is 6.01 Å². The number of rotatable bonds is 8. The summed E-state index contributed by atoms with van der Waals surface area (Å²) >= 11 is 1.48. The van der Waals surface area contributed by atoms with Crippen molar-refractivity contribution in [2.75, 3.05) is 24.2 Å². The van der Waals surface area contributed by atoms with Crippen LogP contribution in [0.1, 0.15) is 27.2 Å². The van der Waals surface area contributed by atoms with Crippen LogP contribution in [-0.4, -0.2) is 45.1 Å². The van der Waals surface area contributed by atoms with E-state index >= 15 is 0 Å². The van der Waals surface area contributed by atoms with Crippen LogP contribution in [0.15, 0.2) is 5.16 Å². The van der Waals surface area contributed by atoms with Crippen LogP contribution >= 0.6 is 11.8 Å². The summed E-state index contributed by atoms with van der Waals surface area (Å²) < 4.78 is 5.48. The average molecular weight is 272 g/mol. The predicted octanol–water partition coefficient (Wildman–Crippen LogP) is 1.57. The van der Waals surface area contributed by atoms with Gasteiger partial charge in [0.15, 0.2) is 5.16 Å². The second kappa shape index (κ2) is 8.10. The van der Waals surface area contributed by atoms with E-state index in [2.05, 4.69) is 20.3 Å². The van der Waals surface area contributed by atoms with Gasteiger partial charge in [0.05, 0.1) is 6.10 Å². The lowest BCUT2D eigenvalue weighted by atomic mass is 10.5. The molecule has 0 saturated carbocycles. The molecule has 7 heteroatoms. The first-order valence-electron chi connectivity index (χ1n) is 6.06. The standard InChI is InChI=1S/C11H20N4O2S/c1-4-12-9-13-10(17-8(2)3)15-11(14-9)18-7-5-6-16/h8,16H,4-7H2,1-3H3,(H,12,13,14,15). The van der Waals surface area contributed by atoms with Crippen LogP contribution in [0.25, 0.3) is 0 Å². The summed E-state index contributed by atoms with van der Waals surface area (Å²) in [7, 11) is 0. The maximum atomic E-state index is 8.75. The molecule has 18 heavy (non-hydrogen) atoms. The van der Waals surface area contributed by atoms with E-state index in [1.165, 1.54) is 11.8 Å². The SMILES string of the molecule is CCNc1nc(OC(C)C)nc(SCCCO)n1. The van der Waals surface area contributed by atoms with Gasteiger partial charge in [-0.2, -0.15) is 15.0 Å². The van der Waals surface area contributed by atoms with E-state index in [9.17, 15) is 0 Å². The van der Waals surface area contributed by atoms with Gasteiger partial charge in [-0.15, -0.1) is 0 Å². The molecule has 0 fully saturated rings. The molecule has 0 radical (unpaired) electrons. The Bertz CT molecular complexity index is 363. The number of nitrogens with zero attached hydrogens (tertiary/aromatic N) is 3. The Labute approximate surface area is 112 Å². The van der Waals surface area contributed by atoms with Gasteiger partial charge in [-0.05, 0) is 27.2 Å². The quantitative estimate of drug-likeness (QED) is 0.549. The third kappa shape index (κ3) is 5.50. The lowest BCUT2D eigenvalue weighted by Gasteiger charge is -2.10. The number of anilines is 1. The fourth-order valence-corrected chi connectivity index (χ4v) is 1.88. The van der Waals surface area contributed by atoms with Crippen molar-refractivity contribution >= 4 is 17.7 Å². The van der Waals surface area contributed by atoms with E-state index < -0.39 is 0 Å². The molecule has 0 saturated heterocycles. The zero-order chi connectivity index (χ0) is 13.4. The van der Waals surface area contributed by atoms with E-state index in [1.807, 2.05) is 20.8 Å². The van der Waals surface area contributed by atoms with Gasteiger partial charge in [0.2, 0.25) is 5.95 Å². The topological polar surface area (TPSA) is 80.2 Å². The van der Waals surface area contributed by atoms with Crippen LogP contribution < -0.4 is 10.1 Å². The van der Waals surface area contributed by atoms with Gasteiger partial charge in [-0.25, -0.2) is 0 Å². The largest absolute Gasteiger partial charge is 0.461 e. The summed E-state index contributed by atoms with van der Waals surface area (Å²) in [6, 6.07) is 0.336. The minimum absolute atomic E-state index is 0.0252. The Balaban J connectivity index is 2.77. The van der Waals surface area contributed by atoms with Crippen LogP contribution in [0.2, 0.25) is 0 Å². The lowest BCUT2D eigenvalue weighted by Crippen LogP contribution is -2.12. The maximum Gasteiger partial charge on any atom is 0.322 e. The van der Waals surface area contributed by atoms with E-state index in [0.717, 1.165) is 12.3 Å². The zero-order valence-electron chi connectivity index (χ0n) is 11.0. The Hall–Kier alpha value is -1.08. The second-order valence-electron chi connectivity index (χ2n) is 3.85. The maximum absolute atomic E-state index is 8.75. The number of aromatic nitrogens is 3. The average Bonchev–Trinajstić information content (AvgIpc) is 2.28. The van der Waals surface area contributed by atoms with Crippen molar-refractivity contribution in [2.24, 2.45) is 0 Å². The van der Waals surface area contributed by atoms with Crippen LogP contribution in [0.4, 0.5) is 5.95 Å². The molecule has 0 aromatic carbocycles. The molecular formula is C11H20N4O2S. The number of aliphatic hydroxyl groups excluding tert-OH is 1. The smallest absolute Gasteiger partial charge is 0.322 e. The molecule has 0 atom stereocenters. The van der Waals surface area contributed by atoms with Crippen LogP contribution in [0.3, 0.4) is 0 Å². The molecule has 0 aliphatic carbocycles. The Morgan fingerprint density at radius 3 is 2.72 bits per heavy atom. The highest BCUT2D eigenvalue weighted by Crippen LogP contribution is 2.18. The predicted molar refractivity (Wildman–Crippen MR) is 72.2 cm³/mol. The zero-order valence-corrected chi connectivity index (χ0v) is 11.8. The Morgan fingerprint density at radius 2 is 2.11 bits per heavy atom. The fourth-order valence-electron chi connectivity index (χ4n) is 1.13. The highest BCUT2D eigenvalue weighted by atomic mass is 32.2. The molecule has 1 heterocycles. The van der Waals surface area contributed by atoms with Crippen molar-refractivity contribution in [2.45, 2.75) is 38.5 Å². The monoisotopic (exact) mass is 272 g/mol. The Kier molecular flexibility index (Phi) is 6.74. The number of hydrogen-bond acceptors (Lipinski definition) is 7. The van der Waals surface area contributed by atoms with Crippen LogP contribution in [0, 0.1) is 0 Å². The van der Waals surface area contributed by atoms with E-state index in [-0.39, 0.29) is 12.7 Å². The van der Waals surface area contributed by atoms with Crippen molar-refractivity contribution in [3.63, 3.8) is 0 Å². The number of nitrogens with one attached hydrogen (secondary N) is 1. The highest BCUT2D eigenvalue weighted by Gasteiger charge is 2.08. The number of hydrogen-bond donors (Lipinski definition) is 2. The number of ether oxygens (including phenoxy) is 1. The van der Waals surface area contributed by atoms with Gasteiger partial charge >= 0.3 is 6.01 Å². The normalized spacial score (nSPS) is 10.7. The molecular weight excluding hydrogens is 252 g/mol. The summed E-state index contributed by atoms with van der Waals surface area (Å²) in [5.74, 6) is 1.29. The molecule has 102 valence electrons. The van der Waals surface area contributed by atoms with Crippen molar-refractivity contribution < 1.29 is 9.84 Å². The minimum atomic E-state index is 0.0252. The van der Waals surface area contributed by atoms with Gasteiger partial charge in [0.25, 0.3) is 0 Å². The summed E-state index contributed by atoms with van der Waals surface area (Å²) in [6.45, 7) is 6.75. The van der Waals surface area contributed by atoms with Gasteiger partial charge in [-0.3, -0.25) is 0 Å². The molecule has 0 bridgehead atoms. The lowest BCUT2D eigenvalue weighted by molar-refractivity contribution is 0.219.